The van der Waals surface area contributed by atoms with E-state index in [4.69, 9.17) is 9.84 Å². The summed E-state index contributed by atoms with van der Waals surface area (Å²) in [4.78, 5) is 37.5. The molecule has 0 bridgehead atoms. The van der Waals surface area contributed by atoms with Crippen molar-refractivity contribution < 1.29 is 58.9 Å². The number of halogens is 9. The van der Waals surface area contributed by atoms with Gasteiger partial charge in [0, 0.05) is 32.1 Å². The number of hydrogen-bond donors (Lipinski definition) is 1. The van der Waals surface area contributed by atoms with Gasteiger partial charge < -0.3 is 19.6 Å². The Kier molecular flexibility index (Phi) is 11.4. The maximum atomic E-state index is 14.1. The van der Waals surface area contributed by atoms with Crippen LogP contribution in [0, 0.1) is 5.92 Å². The third kappa shape index (κ3) is 9.07. The van der Waals surface area contributed by atoms with Crippen molar-refractivity contribution in [2.45, 2.75) is 83.1 Å². The van der Waals surface area contributed by atoms with E-state index in [2.05, 4.69) is 9.97 Å². The molecule has 2 aliphatic heterocycles. The zero-order valence-electron chi connectivity index (χ0n) is 28.5. The van der Waals surface area contributed by atoms with E-state index < -0.39 is 71.5 Å². The molecule has 1 amide bonds. The largest absolute Gasteiger partial charge is 0.481 e. The number of carbonyl (C=O) groups excluding carboxylic acids is 1. The van der Waals surface area contributed by atoms with Crippen molar-refractivity contribution in [1.29, 1.82) is 0 Å². The number of aliphatic carboxylic acids is 1. The lowest BCUT2D eigenvalue weighted by atomic mass is 9.87. The minimum Gasteiger partial charge on any atom is -0.481 e. The molecular formula is C35H36F9N5O4. The minimum atomic E-state index is -5.16. The molecule has 2 aliphatic rings. The van der Waals surface area contributed by atoms with Gasteiger partial charge in [-0.3, -0.25) is 9.69 Å². The number of amides is 1. The molecular weight excluding hydrogens is 725 g/mol. The summed E-state index contributed by atoms with van der Waals surface area (Å²) >= 11 is 0. The number of carboxylic acids is 1. The summed E-state index contributed by atoms with van der Waals surface area (Å²) in [6.45, 7) is 3.44. The van der Waals surface area contributed by atoms with Crippen molar-refractivity contribution in [3.63, 3.8) is 0 Å². The second kappa shape index (κ2) is 15.3. The van der Waals surface area contributed by atoms with Crippen LogP contribution in [0.4, 0.5) is 61.6 Å². The first-order valence-corrected chi connectivity index (χ1v) is 16.8. The number of rotatable bonds is 9. The van der Waals surface area contributed by atoms with Crippen molar-refractivity contribution in [2.24, 2.45) is 5.92 Å². The molecule has 5 rings (SSSR count). The van der Waals surface area contributed by atoms with Gasteiger partial charge in [-0.25, -0.2) is 14.8 Å². The minimum absolute atomic E-state index is 0.00902. The van der Waals surface area contributed by atoms with Gasteiger partial charge >= 0.3 is 30.6 Å². The molecule has 1 aromatic heterocycles. The average Bonchev–Trinajstić information content (AvgIpc) is 3.08. The number of aromatic nitrogens is 2. The van der Waals surface area contributed by atoms with Gasteiger partial charge in [0.1, 0.15) is 0 Å². The zero-order valence-corrected chi connectivity index (χ0v) is 28.5. The first kappa shape index (κ1) is 39.4. The number of nitrogens with zero attached hydrogens (tertiary/aromatic N) is 5. The Morgan fingerprint density at radius 1 is 0.868 bits per heavy atom. The predicted molar refractivity (Wildman–Crippen MR) is 174 cm³/mol. The molecule has 0 unspecified atom stereocenters. The van der Waals surface area contributed by atoms with Crippen LogP contribution in [0.3, 0.4) is 0 Å². The van der Waals surface area contributed by atoms with Gasteiger partial charge in [-0.1, -0.05) is 6.92 Å². The van der Waals surface area contributed by atoms with E-state index in [1.165, 1.54) is 22.2 Å². The average molecular weight is 762 g/mol. The molecule has 2 atom stereocenters. The molecule has 288 valence electrons. The topological polar surface area (TPSA) is 99.1 Å². The lowest BCUT2D eigenvalue weighted by Crippen LogP contribution is -2.48. The van der Waals surface area contributed by atoms with Crippen LogP contribution < -0.4 is 14.7 Å². The predicted octanol–water partition coefficient (Wildman–Crippen LogP) is 9.12. The van der Waals surface area contributed by atoms with Gasteiger partial charge in [-0.05, 0) is 86.1 Å². The van der Waals surface area contributed by atoms with Gasteiger partial charge in [0.15, 0.2) is 0 Å². The smallest absolute Gasteiger partial charge is 0.416 e. The fourth-order valence-electron chi connectivity index (χ4n) is 6.88. The molecule has 1 N–H and O–H groups in total. The van der Waals surface area contributed by atoms with E-state index in [0.717, 1.165) is 18.2 Å². The Bertz CT molecular complexity index is 1740. The standard InChI is InChI=1S/C35H36F9N5O4/c1-3-25-16-29(27-15-22(33(36,37)38)5-6-28(27)49(25)32(52)53-4-2)48(19-21-11-23(34(39,40)41)14-24(12-21)35(42,43)44)31-45-17-26(18-46-31)47-9-7-20(8-10-47)13-30(50)51/h5-6,11-12,14-15,17-18,20,25,29H,3-4,7-10,13,16,19H2,1-2H3,(H,50,51)/t25-,29+/m1/s1. The number of piperidine rings is 1. The molecule has 53 heavy (non-hydrogen) atoms. The van der Waals surface area contributed by atoms with Gasteiger partial charge in [0.2, 0.25) is 5.95 Å². The second-order valence-corrected chi connectivity index (χ2v) is 13.0. The second-order valence-electron chi connectivity index (χ2n) is 13.0. The van der Waals surface area contributed by atoms with E-state index in [0.29, 0.717) is 43.8 Å². The number of carboxylic acid groups (broad SMARTS) is 1. The van der Waals surface area contributed by atoms with Crippen molar-refractivity contribution in [3.05, 3.63) is 76.6 Å². The van der Waals surface area contributed by atoms with E-state index >= 15 is 0 Å². The number of anilines is 3. The number of ether oxygens (including phenoxy) is 1. The lowest BCUT2D eigenvalue weighted by Gasteiger charge is -2.44. The lowest BCUT2D eigenvalue weighted by molar-refractivity contribution is -0.143. The summed E-state index contributed by atoms with van der Waals surface area (Å²) in [5.41, 5.74) is -4.28. The number of alkyl halides is 9. The van der Waals surface area contributed by atoms with Crippen LogP contribution in [0.1, 0.15) is 79.8 Å². The summed E-state index contributed by atoms with van der Waals surface area (Å²) in [7, 11) is 0. The SMILES string of the molecule is CCOC(=O)N1c2ccc(C(F)(F)F)cc2[C@@H](N(Cc2cc(C(F)(F)F)cc(C(F)(F)F)c2)c2ncc(N3CCC(CC(=O)O)CC3)cn2)C[C@H]1CC. The molecule has 18 heteroatoms. The number of carbonyl (C=O) groups is 2. The Balaban J connectivity index is 1.64. The first-order valence-electron chi connectivity index (χ1n) is 16.8. The third-order valence-corrected chi connectivity index (χ3v) is 9.47. The molecule has 3 heterocycles. The summed E-state index contributed by atoms with van der Waals surface area (Å²) in [6, 6.07) is 1.83. The Morgan fingerprint density at radius 3 is 1.96 bits per heavy atom. The molecule has 0 saturated carbocycles. The molecule has 0 radical (unpaired) electrons. The van der Waals surface area contributed by atoms with Crippen LogP contribution in [-0.4, -0.2) is 52.9 Å². The highest BCUT2D eigenvalue weighted by Crippen LogP contribution is 2.46. The summed E-state index contributed by atoms with van der Waals surface area (Å²) < 4.78 is 131. The van der Waals surface area contributed by atoms with Crippen LogP contribution in [0.2, 0.25) is 0 Å². The normalized spacial score (nSPS) is 18.5. The number of benzene rings is 2. The van der Waals surface area contributed by atoms with Crippen molar-refractivity contribution in [3.8, 4) is 0 Å². The van der Waals surface area contributed by atoms with E-state index in [-0.39, 0.29) is 55.1 Å². The van der Waals surface area contributed by atoms with Gasteiger partial charge in [0.25, 0.3) is 0 Å². The third-order valence-electron chi connectivity index (χ3n) is 9.47. The number of hydrogen-bond acceptors (Lipinski definition) is 7. The maximum absolute atomic E-state index is 14.1. The summed E-state index contributed by atoms with van der Waals surface area (Å²) in [6.07, 6.45) is -12.0. The van der Waals surface area contributed by atoms with Crippen LogP contribution in [0.5, 0.6) is 0 Å². The van der Waals surface area contributed by atoms with Crippen molar-refractivity contribution >= 4 is 29.4 Å². The molecule has 0 aliphatic carbocycles. The summed E-state index contributed by atoms with van der Waals surface area (Å²) in [5, 5.41) is 9.14. The highest BCUT2D eigenvalue weighted by molar-refractivity contribution is 5.90. The van der Waals surface area contributed by atoms with Crippen LogP contribution in [0.25, 0.3) is 0 Å². The Morgan fingerprint density at radius 2 is 1.45 bits per heavy atom. The van der Waals surface area contributed by atoms with Gasteiger partial charge in [0.05, 0.1) is 53.1 Å². The molecule has 2 aromatic carbocycles. The molecule has 1 fully saturated rings. The van der Waals surface area contributed by atoms with Crippen LogP contribution in [0.15, 0.2) is 48.8 Å². The van der Waals surface area contributed by atoms with Crippen LogP contribution >= 0.6 is 0 Å². The van der Waals surface area contributed by atoms with E-state index in [1.807, 2.05) is 4.90 Å². The molecule has 1 saturated heterocycles. The summed E-state index contributed by atoms with van der Waals surface area (Å²) in [5.74, 6) is -1.16. The zero-order chi connectivity index (χ0) is 38.9. The quantitative estimate of drug-likeness (QED) is 0.216. The fourth-order valence-corrected chi connectivity index (χ4v) is 6.88. The van der Waals surface area contributed by atoms with Gasteiger partial charge in [-0.15, -0.1) is 0 Å². The highest BCUT2D eigenvalue weighted by atomic mass is 19.4. The van der Waals surface area contributed by atoms with Crippen LogP contribution in [-0.2, 0) is 34.6 Å². The van der Waals surface area contributed by atoms with E-state index in [9.17, 15) is 49.1 Å². The Labute approximate surface area is 298 Å². The fraction of sp³-hybridized carbons (Fsp3) is 0.486. The molecule has 0 spiro atoms. The molecule has 3 aromatic rings. The maximum Gasteiger partial charge on any atom is 0.416 e. The Hall–Kier alpha value is -4.77. The monoisotopic (exact) mass is 761 g/mol. The van der Waals surface area contributed by atoms with Gasteiger partial charge in [-0.2, -0.15) is 39.5 Å². The van der Waals surface area contributed by atoms with Crippen molar-refractivity contribution in [1.82, 2.24) is 9.97 Å². The first-order chi connectivity index (χ1) is 24.8. The van der Waals surface area contributed by atoms with E-state index in [1.54, 1.807) is 13.8 Å². The number of fused-ring (bicyclic) bond motifs is 1. The highest BCUT2D eigenvalue weighted by Gasteiger charge is 2.43. The molecule has 9 nitrogen and oxygen atoms in total. The van der Waals surface area contributed by atoms with Crippen molar-refractivity contribution in [2.75, 3.05) is 34.4 Å².